The Bertz CT molecular complexity index is 4010. The van der Waals surface area contributed by atoms with Crippen molar-refractivity contribution in [2.75, 3.05) is 9.80 Å². The van der Waals surface area contributed by atoms with Crippen LogP contribution in [0.3, 0.4) is 0 Å². The van der Waals surface area contributed by atoms with Gasteiger partial charge in [0.15, 0.2) is 0 Å². The molecule has 424 valence electrons. The number of aryl methyl sites for hydroxylation is 2. The summed E-state index contributed by atoms with van der Waals surface area (Å²) in [6.07, 6.45) is 12.0. The Morgan fingerprint density at radius 2 is 0.628 bits per heavy atom. The second-order valence-corrected chi connectivity index (χ2v) is 24.8. The number of nitrogens with zero attached hydrogens (tertiary/aromatic N) is 2. The Hall–Kier alpha value is -9.76. The molecule has 0 spiro atoms. The Morgan fingerprint density at radius 3 is 0.965 bits per heavy atom. The van der Waals surface area contributed by atoms with Gasteiger partial charge in [0.05, 0.1) is 11.4 Å². The van der Waals surface area contributed by atoms with Gasteiger partial charge in [-0.2, -0.15) is 0 Å². The highest BCUT2D eigenvalue weighted by molar-refractivity contribution is 5.92. The third-order valence-corrected chi connectivity index (χ3v) is 16.4. The minimum atomic E-state index is -0.0725. The molecule has 0 amide bonds. The summed E-state index contributed by atoms with van der Waals surface area (Å²) in [5, 5.41) is 0. The lowest BCUT2D eigenvalue weighted by atomic mass is 9.84. The molecule has 11 rings (SSSR count). The summed E-state index contributed by atoms with van der Waals surface area (Å²) in [4.78, 5) is 4.89. The van der Waals surface area contributed by atoms with E-state index in [0.29, 0.717) is 0 Å². The van der Waals surface area contributed by atoms with Crippen LogP contribution < -0.4 is 9.80 Å². The number of anilines is 6. The summed E-state index contributed by atoms with van der Waals surface area (Å²) in [5.41, 5.74) is 25.2. The third-order valence-electron chi connectivity index (χ3n) is 16.4. The van der Waals surface area contributed by atoms with Crippen molar-refractivity contribution in [1.29, 1.82) is 0 Å². The van der Waals surface area contributed by atoms with E-state index < -0.39 is 0 Å². The fraction of sp³-hybridized carbons (Fsp3) is 0.143. The van der Waals surface area contributed by atoms with Gasteiger partial charge in [-0.25, -0.2) is 0 Å². The van der Waals surface area contributed by atoms with Gasteiger partial charge < -0.3 is 9.80 Å². The molecule has 0 aliphatic carbocycles. The zero-order valence-electron chi connectivity index (χ0n) is 51.1. The van der Waals surface area contributed by atoms with Gasteiger partial charge in [0.1, 0.15) is 0 Å². The summed E-state index contributed by atoms with van der Waals surface area (Å²) in [6.45, 7) is 18.3. The van der Waals surface area contributed by atoms with Crippen molar-refractivity contribution in [3.63, 3.8) is 0 Å². The van der Waals surface area contributed by atoms with Crippen LogP contribution in [-0.2, 0) is 17.3 Å². The standard InChI is InChI=1S/C84H78N2/c1-61-23-21-33-79(83(3,4)5)81(61)85(75-55-47-67(48-56-75)59-77(69-25-13-9-14-26-69)70-27-15-10-16-28-70)73-51-43-65(44-52-73)41-39-63-35-37-64(38-36-63)40-42-66-45-53-74(54-46-66)86(82-62(2)24-22-34-80(82)84(6,7)8)76-57-49-68(50-58-76)60-78(71-29-17-11-18-30-71)72-31-19-12-20-32-72/h9-59,78H,60H2,1-8H3/b41-39+,42-40+. The van der Waals surface area contributed by atoms with Crippen molar-refractivity contribution >= 4 is 70.1 Å². The van der Waals surface area contributed by atoms with Crippen molar-refractivity contribution in [2.24, 2.45) is 0 Å². The first kappa shape index (κ1) is 58.0. The predicted molar refractivity (Wildman–Crippen MR) is 372 cm³/mol. The molecule has 0 heterocycles. The molecule has 0 saturated carbocycles. The number of hydrogen-bond acceptors (Lipinski definition) is 2. The van der Waals surface area contributed by atoms with Gasteiger partial charge in [0, 0.05) is 28.7 Å². The molecule has 0 radical (unpaired) electrons. The molecule has 0 saturated heterocycles. The lowest BCUT2D eigenvalue weighted by molar-refractivity contribution is 0.590. The van der Waals surface area contributed by atoms with Crippen LogP contribution in [0.2, 0.25) is 0 Å². The molecule has 0 aromatic heterocycles. The molecular weight excluding hydrogens is 1040 g/mol. The number of para-hydroxylation sites is 2. The SMILES string of the molecule is Cc1cccc(C(C)(C)C)c1N(c1ccc(C=C(c2ccccc2)c2ccccc2)cc1)c1ccc(/C=C/c2ccc(/C=C/c3ccc(N(c4ccc(CC(c5ccccc5)c5ccccc5)cc4)c4c(C)cccc4C(C)(C)C)cc3)cc2)cc1. The smallest absolute Gasteiger partial charge is 0.0528 e. The number of rotatable bonds is 17. The van der Waals surface area contributed by atoms with E-state index in [1.165, 1.54) is 67.0 Å². The van der Waals surface area contributed by atoms with E-state index in [-0.39, 0.29) is 16.7 Å². The van der Waals surface area contributed by atoms with Crippen LogP contribution in [0.15, 0.2) is 279 Å². The minimum absolute atomic E-state index is 0.0642. The van der Waals surface area contributed by atoms with Crippen molar-refractivity contribution in [3.05, 3.63) is 357 Å². The molecule has 0 N–H and O–H groups in total. The van der Waals surface area contributed by atoms with Crippen LogP contribution >= 0.6 is 0 Å². The van der Waals surface area contributed by atoms with Gasteiger partial charge in [0.2, 0.25) is 0 Å². The maximum absolute atomic E-state index is 2.45. The maximum Gasteiger partial charge on any atom is 0.0528 e. The van der Waals surface area contributed by atoms with E-state index in [9.17, 15) is 0 Å². The van der Waals surface area contributed by atoms with Gasteiger partial charge in [-0.1, -0.05) is 296 Å². The van der Waals surface area contributed by atoms with E-state index in [0.717, 1.165) is 57.0 Å². The Balaban J connectivity index is 0.809. The zero-order chi connectivity index (χ0) is 59.6. The molecule has 0 fully saturated rings. The van der Waals surface area contributed by atoms with Gasteiger partial charge in [0.25, 0.3) is 0 Å². The van der Waals surface area contributed by atoms with Gasteiger partial charge in [-0.3, -0.25) is 0 Å². The topological polar surface area (TPSA) is 6.48 Å². The second-order valence-electron chi connectivity index (χ2n) is 24.8. The summed E-state index contributed by atoms with van der Waals surface area (Å²) < 4.78 is 0. The van der Waals surface area contributed by atoms with E-state index >= 15 is 0 Å². The molecule has 2 heteroatoms. The number of benzene rings is 11. The fourth-order valence-corrected chi connectivity index (χ4v) is 11.8. The van der Waals surface area contributed by atoms with Crippen LogP contribution in [0.1, 0.15) is 125 Å². The van der Waals surface area contributed by atoms with Crippen molar-refractivity contribution in [2.45, 2.75) is 78.6 Å². The highest BCUT2D eigenvalue weighted by Crippen LogP contribution is 2.45. The Kier molecular flexibility index (Phi) is 17.6. The monoisotopic (exact) mass is 1110 g/mol. The lowest BCUT2D eigenvalue weighted by Crippen LogP contribution is -2.20. The normalized spacial score (nSPS) is 11.8. The summed E-state index contributed by atoms with van der Waals surface area (Å²) in [6, 6.07) is 102. The van der Waals surface area contributed by atoms with Crippen molar-refractivity contribution in [1.82, 2.24) is 0 Å². The minimum Gasteiger partial charge on any atom is -0.310 e. The highest BCUT2D eigenvalue weighted by Gasteiger charge is 2.27. The van der Waals surface area contributed by atoms with Gasteiger partial charge in [-0.15, -0.1) is 0 Å². The van der Waals surface area contributed by atoms with Crippen molar-refractivity contribution in [3.8, 4) is 0 Å². The lowest BCUT2D eigenvalue weighted by Gasteiger charge is -2.33. The number of hydrogen-bond donors (Lipinski definition) is 0. The maximum atomic E-state index is 2.45. The molecule has 0 atom stereocenters. The van der Waals surface area contributed by atoms with Gasteiger partial charge in [-0.05, 0) is 169 Å². The van der Waals surface area contributed by atoms with E-state index in [1.54, 1.807) is 0 Å². The first-order valence-corrected chi connectivity index (χ1v) is 30.3. The predicted octanol–water partition coefficient (Wildman–Crippen LogP) is 23.1. The first-order valence-electron chi connectivity index (χ1n) is 30.3. The summed E-state index contributed by atoms with van der Waals surface area (Å²) in [7, 11) is 0. The molecule has 86 heavy (non-hydrogen) atoms. The quantitative estimate of drug-likeness (QED) is 0.0839. The first-order chi connectivity index (χ1) is 41.7. The average molecular weight is 1120 g/mol. The molecule has 11 aromatic rings. The zero-order valence-corrected chi connectivity index (χ0v) is 51.1. The molecule has 0 aliphatic rings. The average Bonchev–Trinajstić information content (AvgIpc) is 1.93. The van der Waals surface area contributed by atoms with E-state index in [2.05, 4.69) is 375 Å². The molecule has 0 aliphatic heterocycles. The fourth-order valence-electron chi connectivity index (χ4n) is 11.8. The van der Waals surface area contributed by atoms with Gasteiger partial charge >= 0.3 is 0 Å². The Labute approximate surface area is 512 Å². The van der Waals surface area contributed by atoms with Crippen LogP contribution in [0.25, 0.3) is 36.0 Å². The molecule has 0 bridgehead atoms. The van der Waals surface area contributed by atoms with Crippen molar-refractivity contribution < 1.29 is 0 Å². The van der Waals surface area contributed by atoms with Crippen LogP contribution in [0, 0.1) is 13.8 Å². The van der Waals surface area contributed by atoms with E-state index in [1.807, 2.05) is 0 Å². The van der Waals surface area contributed by atoms with E-state index in [4.69, 9.17) is 0 Å². The summed E-state index contributed by atoms with van der Waals surface area (Å²) >= 11 is 0. The van der Waals surface area contributed by atoms with Crippen LogP contribution in [0.5, 0.6) is 0 Å². The molecule has 2 nitrogen and oxygen atoms in total. The molecular formula is C84H78N2. The highest BCUT2D eigenvalue weighted by atomic mass is 15.2. The van der Waals surface area contributed by atoms with Crippen LogP contribution in [-0.4, -0.2) is 0 Å². The second kappa shape index (κ2) is 26.0. The summed E-state index contributed by atoms with van der Waals surface area (Å²) in [5.74, 6) is 0.264. The third kappa shape index (κ3) is 13.7. The Morgan fingerprint density at radius 1 is 0.326 bits per heavy atom. The largest absolute Gasteiger partial charge is 0.310 e. The van der Waals surface area contributed by atoms with Crippen LogP contribution in [0.4, 0.5) is 34.1 Å². The molecule has 11 aromatic carbocycles. The molecule has 0 unspecified atom stereocenters.